The van der Waals surface area contributed by atoms with Gasteiger partial charge in [0.1, 0.15) is 13.2 Å². The smallest absolute Gasteiger partial charge is 0.331 e. The molecular weight excluding hydrogens is 384 g/mol. The molecule has 30 heavy (non-hydrogen) atoms. The molecule has 0 spiro atoms. The third kappa shape index (κ3) is 3.57. The van der Waals surface area contributed by atoms with Crippen LogP contribution < -0.4 is 14.2 Å². The Labute approximate surface area is 176 Å². The van der Waals surface area contributed by atoms with Gasteiger partial charge in [0.25, 0.3) is 0 Å². The van der Waals surface area contributed by atoms with E-state index in [-0.39, 0.29) is 17.8 Å². The van der Waals surface area contributed by atoms with Gasteiger partial charge >= 0.3 is 5.97 Å². The van der Waals surface area contributed by atoms with Crippen LogP contribution in [0.4, 0.5) is 0 Å². The lowest BCUT2D eigenvalue weighted by Gasteiger charge is -2.55. The molecule has 0 radical (unpaired) electrons. The van der Waals surface area contributed by atoms with Crippen LogP contribution in [-0.2, 0) is 14.3 Å². The van der Waals surface area contributed by atoms with Crippen LogP contribution in [0, 0.1) is 23.2 Å². The lowest BCUT2D eigenvalue weighted by atomic mass is 9.48. The summed E-state index contributed by atoms with van der Waals surface area (Å²) in [5.41, 5.74) is 0.502. The fraction of sp³-hybridized carbons (Fsp3) is 0.583. The number of rotatable bonds is 6. The first-order valence-electron chi connectivity index (χ1n) is 10.9. The number of hydrogen-bond donors (Lipinski definition) is 0. The fourth-order valence-corrected chi connectivity index (χ4v) is 6.34. The summed E-state index contributed by atoms with van der Waals surface area (Å²) in [6.45, 7) is 0.820. The first-order chi connectivity index (χ1) is 14.5. The maximum Gasteiger partial charge on any atom is 0.331 e. The molecule has 6 rings (SSSR count). The largest absolute Gasteiger partial charge is 0.493 e. The lowest BCUT2D eigenvalue weighted by Crippen LogP contribution is -2.51. The van der Waals surface area contributed by atoms with Gasteiger partial charge in [-0.2, -0.15) is 0 Å². The van der Waals surface area contributed by atoms with E-state index in [4.69, 9.17) is 18.9 Å². The minimum absolute atomic E-state index is 0.115. The van der Waals surface area contributed by atoms with Crippen molar-refractivity contribution in [1.82, 2.24) is 0 Å². The van der Waals surface area contributed by atoms with E-state index >= 15 is 0 Å². The second-order valence-corrected chi connectivity index (χ2v) is 9.31. The highest BCUT2D eigenvalue weighted by Crippen LogP contribution is 2.60. The molecule has 4 saturated carbocycles. The third-order valence-corrected chi connectivity index (χ3v) is 7.24. The molecule has 1 aromatic carbocycles. The first kappa shape index (κ1) is 19.5. The number of esters is 1. The minimum atomic E-state index is -0.512. The molecule has 0 aromatic heterocycles. The van der Waals surface area contributed by atoms with Gasteiger partial charge in [0.15, 0.2) is 23.9 Å². The number of ketones is 1. The Morgan fingerprint density at radius 2 is 1.73 bits per heavy atom. The maximum atomic E-state index is 13.0. The second-order valence-electron chi connectivity index (χ2n) is 9.31. The van der Waals surface area contributed by atoms with Gasteiger partial charge in [-0.25, -0.2) is 4.79 Å². The predicted molar refractivity (Wildman–Crippen MR) is 110 cm³/mol. The molecule has 4 fully saturated rings. The van der Waals surface area contributed by atoms with Gasteiger partial charge in [-0.05, 0) is 80.1 Å². The number of methoxy groups -OCH3 is 1. The van der Waals surface area contributed by atoms with E-state index in [1.807, 2.05) is 0 Å². The van der Waals surface area contributed by atoms with E-state index in [0.717, 1.165) is 24.8 Å². The van der Waals surface area contributed by atoms with Crippen molar-refractivity contribution in [2.45, 2.75) is 38.5 Å². The van der Waals surface area contributed by atoms with Gasteiger partial charge in [0, 0.05) is 11.5 Å². The second kappa shape index (κ2) is 7.64. The molecule has 0 unspecified atom stereocenters. The van der Waals surface area contributed by atoms with Crippen LogP contribution in [-0.4, -0.2) is 38.7 Å². The number of carbonyl (C=O) groups is 2. The Morgan fingerprint density at radius 3 is 2.40 bits per heavy atom. The number of ether oxygens (including phenoxy) is 4. The van der Waals surface area contributed by atoms with Gasteiger partial charge in [-0.1, -0.05) is 0 Å². The van der Waals surface area contributed by atoms with Crippen molar-refractivity contribution in [3.63, 3.8) is 0 Å². The average molecular weight is 412 g/mol. The zero-order valence-electron chi connectivity index (χ0n) is 17.4. The topological polar surface area (TPSA) is 71.1 Å². The highest BCUT2D eigenvalue weighted by Gasteiger charge is 2.54. The zero-order chi connectivity index (χ0) is 20.7. The quantitative estimate of drug-likeness (QED) is 0.523. The van der Waals surface area contributed by atoms with Gasteiger partial charge in [-0.15, -0.1) is 0 Å². The van der Waals surface area contributed by atoms with Crippen molar-refractivity contribution in [2.24, 2.45) is 23.2 Å². The summed E-state index contributed by atoms with van der Waals surface area (Å²) < 4.78 is 21.9. The Hall–Kier alpha value is -2.50. The van der Waals surface area contributed by atoms with E-state index in [2.05, 4.69) is 0 Å². The SMILES string of the molecule is COc1cc(/C=C/C(=O)OCC(=O)C23CC4CC(CC(C4)C2)C3)cc2c1OCCO2. The first-order valence-corrected chi connectivity index (χ1v) is 10.9. The van der Waals surface area contributed by atoms with Crippen molar-refractivity contribution in [2.75, 3.05) is 26.9 Å². The van der Waals surface area contributed by atoms with Crippen LogP contribution in [0.1, 0.15) is 44.1 Å². The molecular formula is C24H28O6. The Kier molecular flexibility index (Phi) is 4.95. The van der Waals surface area contributed by atoms with Crippen molar-refractivity contribution < 1.29 is 28.5 Å². The molecule has 1 aromatic rings. The molecule has 4 bridgehead atoms. The molecule has 0 N–H and O–H groups in total. The fourth-order valence-electron chi connectivity index (χ4n) is 6.34. The predicted octanol–water partition coefficient (Wildman–Crippen LogP) is 3.81. The van der Waals surface area contributed by atoms with Crippen LogP contribution in [0.2, 0.25) is 0 Å². The third-order valence-electron chi connectivity index (χ3n) is 7.24. The number of Topliss-reactive ketones (excluding diaryl/α,β-unsaturated/α-hetero) is 1. The van der Waals surface area contributed by atoms with Gasteiger partial charge < -0.3 is 18.9 Å². The number of hydrogen-bond acceptors (Lipinski definition) is 6. The van der Waals surface area contributed by atoms with E-state index in [1.165, 1.54) is 25.3 Å². The van der Waals surface area contributed by atoms with Crippen molar-refractivity contribution >= 4 is 17.8 Å². The summed E-state index contributed by atoms with van der Waals surface area (Å²) in [5, 5.41) is 0. The molecule has 4 aliphatic carbocycles. The minimum Gasteiger partial charge on any atom is -0.493 e. The summed E-state index contributed by atoms with van der Waals surface area (Å²) in [7, 11) is 1.56. The van der Waals surface area contributed by atoms with Crippen LogP contribution in [0.5, 0.6) is 17.2 Å². The lowest BCUT2D eigenvalue weighted by molar-refractivity contribution is -0.155. The molecule has 160 valence electrons. The summed E-state index contributed by atoms with van der Waals surface area (Å²) in [6.07, 6.45) is 9.80. The molecule has 1 aliphatic heterocycles. The summed E-state index contributed by atoms with van der Waals surface area (Å²) in [6, 6.07) is 3.57. The highest BCUT2D eigenvalue weighted by molar-refractivity contribution is 5.92. The van der Waals surface area contributed by atoms with E-state index < -0.39 is 5.97 Å². The Morgan fingerprint density at radius 1 is 1.07 bits per heavy atom. The maximum absolute atomic E-state index is 13.0. The molecule has 5 aliphatic rings. The molecule has 0 saturated heterocycles. The van der Waals surface area contributed by atoms with Crippen molar-refractivity contribution in [3.8, 4) is 17.2 Å². The van der Waals surface area contributed by atoms with E-state index in [9.17, 15) is 9.59 Å². The monoisotopic (exact) mass is 412 g/mol. The van der Waals surface area contributed by atoms with Gasteiger partial charge in [-0.3, -0.25) is 4.79 Å². The summed E-state index contributed by atoms with van der Waals surface area (Å²) in [5.74, 6) is 3.40. The van der Waals surface area contributed by atoms with Crippen LogP contribution >= 0.6 is 0 Å². The average Bonchev–Trinajstić information content (AvgIpc) is 2.74. The highest BCUT2D eigenvalue weighted by atomic mass is 16.6. The molecule has 0 amide bonds. The molecule has 1 heterocycles. The standard InChI is InChI=1S/C24H28O6/c1-27-19-9-15(10-20-23(19)29-5-4-28-20)2-3-22(26)30-14-21(25)24-11-16-6-17(12-24)8-18(7-16)13-24/h2-3,9-10,16-18H,4-8,11-14H2,1H3/b3-2+. The van der Waals surface area contributed by atoms with Crippen molar-refractivity contribution in [1.29, 1.82) is 0 Å². The van der Waals surface area contributed by atoms with Crippen LogP contribution in [0.25, 0.3) is 6.08 Å². The number of benzene rings is 1. The summed E-state index contributed by atoms with van der Waals surface area (Å²) >= 11 is 0. The van der Waals surface area contributed by atoms with E-state index in [1.54, 1.807) is 25.3 Å². The number of fused-ring (bicyclic) bond motifs is 1. The van der Waals surface area contributed by atoms with Gasteiger partial charge in [0.2, 0.25) is 5.75 Å². The Bertz CT molecular complexity index is 833. The molecule has 6 heteroatoms. The van der Waals surface area contributed by atoms with Gasteiger partial charge in [0.05, 0.1) is 7.11 Å². The number of carbonyl (C=O) groups excluding carboxylic acids is 2. The zero-order valence-corrected chi connectivity index (χ0v) is 17.4. The van der Waals surface area contributed by atoms with E-state index in [0.29, 0.717) is 48.2 Å². The normalized spacial score (nSPS) is 31.0. The molecule has 0 atom stereocenters. The van der Waals surface area contributed by atoms with Crippen LogP contribution in [0.15, 0.2) is 18.2 Å². The molecule has 6 nitrogen and oxygen atoms in total. The Balaban J connectivity index is 1.21. The summed E-state index contributed by atoms with van der Waals surface area (Å²) in [4.78, 5) is 25.2. The van der Waals surface area contributed by atoms with Crippen LogP contribution in [0.3, 0.4) is 0 Å². The van der Waals surface area contributed by atoms with Crippen molar-refractivity contribution in [3.05, 3.63) is 23.8 Å².